The van der Waals surface area contributed by atoms with Crippen molar-refractivity contribution in [1.29, 1.82) is 0 Å². The van der Waals surface area contributed by atoms with Crippen molar-refractivity contribution in [1.82, 2.24) is 15.3 Å². The average molecular weight is 574 g/mol. The molecule has 41 heavy (non-hydrogen) atoms. The quantitative estimate of drug-likeness (QED) is 0.322. The summed E-state index contributed by atoms with van der Waals surface area (Å²) in [7, 11) is 4.62. The fourth-order valence-corrected chi connectivity index (χ4v) is 4.89. The topological polar surface area (TPSA) is 97.8 Å². The molecule has 220 valence electrons. The highest BCUT2D eigenvalue weighted by molar-refractivity contribution is 5.76. The highest BCUT2D eigenvalue weighted by Gasteiger charge is 2.30. The lowest BCUT2D eigenvalue weighted by Gasteiger charge is -2.33. The van der Waals surface area contributed by atoms with Crippen molar-refractivity contribution in [3.63, 3.8) is 0 Å². The number of nitrogens with zero attached hydrogens (tertiary/aromatic N) is 3. The Kier molecular flexibility index (Phi) is 9.74. The van der Waals surface area contributed by atoms with Gasteiger partial charge in [-0.05, 0) is 42.9 Å². The molecule has 0 spiro atoms. The first-order valence-electron chi connectivity index (χ1n) is 13.3. The average Bonchev–Trinajstić information content (AvgIpc) is 2.96. The summed E-state index contributed by atoms with van der Waals surface area (Å²) in [5, 5.41) is 6.04. The van der Waals surface area contributed by atoms with E-state index in [1.807, 2.05) is 6.07 Å². The highest BCUT2D eigenvalue weighted by atomic mass is 19.4. The van der Waals surface area contributed by atoms with E-state index >= 15 is 0 Å². The van der Waals surface area contributed by atoms with Gasteiger partial charge in [-0.15, -0.1) is 0 Å². The third-order valence-electron chi connectivity index (χ3n) is 6.87. The number of alkyl halides is 3. The van der Waals surface area contributed by atoms with Gasteiger partial charge in [0.2, 0.25) is 17.6 Å². The standard InChI is InChI=1S/C29H34F3N5O4/c1-39-23-16-22(17-24(40-2)27(23)41-3)35-28-34-12-10-25(36-28)37-13-5-7-20(18-37)15-26(38)33-11-9-19-6-4-8-21(14-19)29(30,31)32/h4,6,8,10,12,14,16-17,20H,5,7,9,11,13,15,18H2,1-3H3,(H,33,38)(H,34,35,36). The molecular formula is C29H34F3N5O4. The van der Waals surface area contributed by atoms with Gasteiger partial charge in [0.15, 0.2) is 11.5 Å². The number of anilines is 3. The number of benzene rings is 2. The second-order valence-corrected chi connectivity index (χ2v) is 9.73. The molecule has 2 aromatic carbocycles. The number of nitrogens with one attached hydrogen (secondary N) is 2. The molecular weight excluding hydrogens is 539 g/mol. The van der Waals surface area contributed by atoms with Crippen LogP contribution in [0.15, 0.2) is 48.7 Å². The smallest absolute Gasteiger partial charge is 0.416 e. The second-order valence-electron chi connectivity index (χ2n) is 9.73. The van der Waals surface area contributed by atoms with E-state index in [1.54, 1.807) is 38.6 Å². The van der Waals surface area contributed by atoms with Crippen LogP contribution >= 0.6 is 0 Å². The molecule has 9 nitrogen and oxygen atoms in total. The molecule has 1 aliphatic rings. The lowest BCUT2D eigenvalue weighted by Crippen LogP contribution is -2.38. The van der Waals surface area contributed by atoms with Gasteiger partial charge in [0.25, 0.3) is 0 Å². The minimum absolute atomic E-state index is 0.115. The molecule has 1 unspecified atom stereocenters. The molecule has 0 bridgehead atoms. The van der Waals surface area contributed by atoms with Gasteiger partial charge in [-0.1, -0.05) is 18.2 Å². The molecule has 0 aliphatic carbocycles. The molecule has 0 saturated carbocycles. The maximum atomic E-state index is 12.9. The van der Waals surface area contributed by atoms with Gasteiger partial charge in [-0.25, -0.2) is 4.98 Å². The number of rotatable bonds is 11. The van der Waals surface area contributed by atoms with E-state index in [0.29, 0.717) is 53.8 Å². The Hall–Kier alpha value is -4.22. The Balaban J connectivity index is 1.32. The number of halogens is 3. The maximum Gasteiger partial charge on any atom is 0.416 e. The number of carbonyl (C=O) groups excluding carboxylic acids is 1. The van der Waals surface area contributed by atoms with Crippen molar-refractivity contribution in [2.24, 2.45) is 5.92 Å². The maximum absolute atomic E-state index is 12.9. The predicted molar refractivity (Wildman–Crippen MR) is 149 cm³/mol. The monoisotopic (exact) mass is 573 g/mol. The molecule has 1 aliphatic heterocycles. The molecule has 1 fully saturated rings. The van der Waals surface area contributed by atoms with Gasteiger partial charge in [0.05, 0.1) is 26.9 Å². The Morgan fingerprint density at radius 3 is 2.51 bits per heavy atom. The van der Waals surface area contributed by atoms with Gasteiger partial charge in [0.1, 0.15) is 5.82 Å². The summed E-state index contributed by atoms with van der Waals surface area (Å²) in [6.45, 7) is 1.73. The van der Waals surface area contributed by atoms with Crippen LogP contribution in [0.2, 0.25) is 0 Å². The van der Waals surface area contributed by atoms with Gasteiger partial charge in [-0.3, -0.25) is 4.79 Å². The molecule has 0 radical (unpaired) electrons. The Morgan fingerprint density at radius 1 is 1.07 bits per heavy atom. The molecule has 2 N–H and O–H groups in total. The van der Waals surface area contributed by atoms with Gasteiger partial charge in [-0.2, -0.15) is 18.2 Å². The van der Waals surface area contributed by atoms with E-state index in [4.69, 9.17) is 14.2 Å². The third-order valence-corrected chi connectivity index (χ3v) is 6.87. The number of piperidine rings is 1. The molecule has 12 heteroatoms. The summed E-state index contributed by atoms with van der Waals surface area (Å²) >= 11 is 0. The van der Waals surface area contributed by atoms with Crippen molar-refractivity contribution in [3.8, 4) is 17.2 Å². The van der Waals surface area contributed by atoms with Crippen LogP contribution in [-0.4, -0.2) is 56.8 Å². The first-order chi connectivity index (χ1) is 19.7. The van der Waals surface area contributed by atoms with Crippen LogP contribution in [0.4, 0.5) is 30.6 Å². The van der Waals surface area contributed by atoms with Crippen LogP contribution in [0.3, 0.4) is 0 Å². The van der Waals surface area contributed by atoms with Crippen molar-refractivity contribution >= 4 is 23.4 Å². The predicted octanol–water partition coefficient (Wildman–Crippen LogP) is 5.23. The normalized spacial score (nSPS) is 15.3. The molecule has 2 heterocycles. The minimum Gasteiger partial charge on any atom is -0.493 e. The summed E-state index contributed by atoms with van der Waals surface area (Å²) in [4.78, 5) is 23.8. The van der Waals surface area contributed by atoms with Crippen molar-refractivity contribution < 1.29 is 32.2 Å². The van der Waals surface area contributed by atoms with E-state index in [0.717, 1.165) is 37.3 Å². The number of ether oxygens (including phenoxy) is 3. The first kappa shape index (κ1) is 29.8. The van der Waals surface area contributed by atoms with E-state index < -0.39 is 11.7 Å². The number of amides is 1. The zero-order chi connectivity index (χ0) is 29.4. The summed E-state index contributed by atoms with van der Waals surface area (Å²) in [5.74, 6) is 2.62. The molecule has 4 rings (SSSR count). The highest BCUT2D eigenvalue weighted by Crippen LogP contribution is 2.40. The number of carbonyl (C=O) groups is 1. The summed E-state index contributed by atoms with van der Waals surface area (Å²) in [6.07, 6.45) is -0.243. The van der Waals surface area contributed by atoms with E-state index in [1.165, 1.54) is 13.2 Å². The number of methoxy groups -OCH3 is 3. The molecule has 1 aromatic heterocycles. The lowest BCUT2D eigenvalue weighted by atomic mass is 9.94. The van der Waals surface area contributed by atoms with E-state index in [9.17, 15) is 18.0 Å². The van der Waals surface area contributed by atoms with Crippen LogP contribution < -0.4 is 29.7 Å². The third kappa shape index (κ3) is 7.92. The van der Waals surface area contributed by atoms with Crippen LogP contribution in [0, 0.1) is 5.92 Å². The van der Waals surface area contributed by atoms with E-state index in [-0.39, 0.29) is 18.4 Å². The van der Waals surface area contributed by atoms with E-state index in [2.05, 4.69) is 25.5 Å². The van der Waals surface area contributed by atoms with Crippen LogP contribution in [0.5, 0.6) is 17.2 Å². The fourth-order valence-electron chi connectivity index (χ4n) is 4.89. The Bertz CT molecular complexity index is 1310. The van der Waals surface area contributed by atoms with Crippen molar-refractivity contribution in [2.75, 3.05) is 51.2 Å². The van der Waals surface area contributed by atoms with Crippen LogP contribution in [-0.2, 0) is 17.4 Å². The lowest BCUT2D eigenvalue weighted by molar-refractivity contribution is -0.137. The van der Waals surface area contributed by atoms with Crippen LogP contribution in [0.1, 0.15) is 30.4 Å². The Morgan fingerprint density at radius 2 is 1.83 bits per heavy atom. The van der Waals surface area contributed by atoms with Crippen molar-refractivity contribution in [3.05, 3.63) is 59.8 Å². The number of aromatic nitrogens is 2. The summed E-state index contributed by atoms with van der Waals surface area (Å²) in [6, 6.07) is 10.5. The minimum atomic E-state index is -4.39. The Labute approximate surface area is 237 Å². The second kappa shape index (κ2) is 13.4. The molecule has 1 atom stereocenters. The molecule has 1 amide bonds. The SMILES string of the molecule is COc1cc(Nc2nccc(N3CCCC(CC(=O)NCCc4cccc(C(F)(F)F)c4)C3)n2)cc(OC)c1OC. The largest absolute Gasteiger partial charge is 0.493 e. The molecule has 1 saturated heterocycles. The van der Waals surface area contributed by atoms with Gasteiger partial charge in [0, 0.05) is 50.1 Å². The first-order valence-corrected chi connectivity index (χ1v) is 13.3. The summed E-state index contributed by atoms with van der Waals surface area (Å²) < 4.78 is 55.0. The number of hydrogen-bond acceptors (Lipinski definition) is 8. The van der Waals surface area contributed by atoms with Gasteiger partial charge >= 0.3 is 6.18 Å². The molecule has 3 aromatic rings. The van der Waals surface area contributed by atoms with Crippen LogP contribution in [0.25, 0.3) is 0 Å². The van der Waals surface area contributed by atoms with Crippen molar-refractivity contribution in [2.45, 2.75) is 31.9 Å². The van der Waals surface area contributed by atoms with Gasteiger partial charge < -0.3 is 29.7 Å². The fraction of sp³-hybridized carbons (Fsp3) is 0.414. The number of hydrogen-bond donors (Lipinski definition) is 2. The summed E-state index contributed by atoms with van der Waals surface area (Å²) in [5.41, 5.74) is 0.508. The zero-order valence-electron chi connectivity index (χ0n) is 23.3. The zero-order valence-corrected chi connectivity index (χ0v) is 23.3.